The molecule has 3 aliphatic rings. The van der Waals surface area contributed by atoms with E-state index in [1.54, 1.807) is 17.2 Å². The van der Waals surface area contributed by atoms with Crippen molar-refractivity contribution in [2.45, 2.75) is 68.3 Å². The van der Waals surface area contributed by atoms with E-state index in [9.17, 15) is 17.6 Å². The van der Waals surface area contributed by atoms with Gasteiger partial charge < -0.3 is 20.0 Å². The fourth-order valence-corrected chi connectivity index (χ4v) is 8.34. The Morgan fingerprint density at radius 2 is 1.80 bits per heavy atom. The van der Waals surface area contributed by atoms with Crippen LogP contribution in [0.15, 0.2) is 48.7 Å². The third kappa shape index (κ3) is 6.72. The minimum absolute atomic E-state index is 0.160. The highest BCUT2D eigenvalue weighted by atomic mass is 32.2. The van der Waals surface area contributed by atoms with Gasteiger partial charge in [0.2, 0.25) is 21.9 Å². The van der Waals surface area contributed by atoms with Gasteiger partial charge in [0.25, 0.3) is 0 Å². The molecule has 3 aromatic rings. The number of anilines is 3. The van der Waals surface area contributed by atoms with Crippen molar-refractivity contribution in [1.29, 1.82) is 0 Å². The first-order chi connectivity index (χ1) is 21.9. The summed E-state index contributed by atoms with van der Waals surface area (Å²) in [4.78, 5) is 30.0. The molecular weight excluding hydrogens is 612 g/mol. The standard InChI is InChI=1S/C33H41F2N7O3S/c1-40(2)26-11-9-25(10-12-26)37-32-36-18-23-19-42(31(43)33(30(23)38-32)15-4-16-41(3)21-33)27-13-14-29(28(35)17-27)39-46(44,45)20-22-5-7-24(34)8-6-22/h5-8,13-14,17-18,25-26,39H,4,9-12,15-16,19-21H2,1-3H3,(H,36,37,38). The maximum atomic E-state index is 15.4. The van der Waals surface area contributed by atoms with Gasteiger partial charge in [-0.1, -0.05) is 12.1 Å². The van der Waals surface area contributed by atoms with E-state index in [0.29, 0.717) is 36.2 Å². The van der Waals surface area contributed by atoms with Gasteiger partial charge in [-0.25, -0.2) is 27.2 Å². The summed E-state index contributed by atoms with van der Waals surface area (Å²) in [7, 11) is 2.24. The highest BCUT2D eigenvalue weighted by molar-refractivity contribution is 7.91. The lowest BCUT2D eigenvalue weighted by molar-refractivity contribution is -0.127. The molecule has 13 heteroatoms. The number of fused-ring (bicyclic) bond motifs is 2. The van der Waals surface area contributed by atoms with Crippen LogP contribution in [0.5, 0.6) is 0 Å². The van der Waals surface area contributed by atoms with Crippen LogP contribution in [0, 0.1) is 11.6 Å². The van der Waals surface area contributed by atoms with Crippen molar-refractivity contribution < 1.29 is 22.0 Å². The zero-order chi connectivity index (χ0) is 32.6. The smallest absolute Gasteiger partial charge is 0.240 e. The Hall–Kier alpha value is -3.68. The first-order valence-electron chi connectivity index (χ1n) is 15.8. The van der Waals surface area contributed by atoms with Gasteiger partial charge in [0.15, 0.2) is 0 Å². The van der Waals surface area contributed by atoms with Gasteiger partial charge in [-0.15, -0.1) is 0 Å². The highest BCUT2D eigenvalue weighted by Crippen LogP contribution is 2.42. The summed E-state index contributed by atoms with van der Waals surface area (Å²) in [5, 5.41) is 3.53. The number of amides is 1. The molecule has 2 aliphatic heterocycles. The Kier molecular flexibility index (Phi) is 9.01. The van der Waals surface area contributed by atoms with Crippen LogP contribution < -0.4 is 14.9 Å². The van der Waals surface area contributed by atoms with Gasteiger partial charge >= 0.3 is 0 Å². The van der Waals surface area contributed by atoms with Gasteiger partial charge in [0, 0.05) is 36.1 Å². The lowest BCUT2D eigenvalue weighted by Crippen LogP contribution is -2.58. The Labute approximate surface area is 269 Å². The number of hydrogen-bond acceptors (Lipinski definition) is 8. The largest absolute Gasteiger partial charge is 0.351 e. The van der Waals surface area contributed by atoms with Crippen molar-refractivity contribution in [3.05, 3.63) is 77.1 Å². The molecule has 1 saturated heterocycles. The maximum absolute atomic E-state index is 15.4. The summed E-state index contributed by atoms with van der Waals surface area (Å²) >= 11 is 0. The van der Waals surface area contributed by atoms with E-state index >= 15 is 4.39 Å². The van der Waals surface area contributed by atoms with Crippen molar-refractivity contribution in [2.24, 2.45) is 0 Å². The number of rotatable bonds is 8. The molecule has 1 saturated carbocycles. The number of halogens is 2. The summed E-state index contributed by atoms with van der Waals surface area (Å²) in [6.07, 6.45) is 7.43. The lowest BCUT2D eigenvalue weighted by atomic mass is 9.72. The molecule has 6 rings (SSSR count). The molecule has 1 atom stereocenters. The van der Waals surface area contributed by atoms with Crippen LogP contribution >= 0.6 is 0 Å². The van der Waals surface area contributed by atoms with Crippen molar-refractivity contribution >= 4 is 33.3 Å². The predicted molar refractivity (Wildman–Crippen MR) is 174 cm³/mol. The monoisotopic (exact) mass is 653 g/mol. The van der Waals surface area contributed by atoms with E-state index in [1.807, 2.05) is 7.05 Å². The number of likely N-dealkylation sites (tertiary alicyclic amines) is 1. The van der Waals surface area contributed by atoms with Crippen molar-refractivity contribution in [3.63, 3.8) is 0 Å². The molecule has 1 amide bonds. The summed E-state index contributed by atoms with van der Waals surface area (Å²) in [5.74, 6) is -1.36. The van der Waals surface area contributed by atoms with Crippen LogP contribution in [0.3, 0.4) is 0 Å². The Balaban J connectivity index is 1.24. The quantitative estimate of drug-likeness (QED) is 0.366. The molecule has 246 valence electrons. The second-order valence-electron chi connectivity index (χ2n) is 13.1. The summed E-state index contributed by atoms with van der Waals surface area (Å²) in [6.45, 7) is 1.50. The SMILES string of the molecule is CN1CCCC2(C1)C(=O)N(c1ccc(NS(=O)(=O)Cc3ccc(F)cc3)c(F)c1)Cc1cnc(NC3CCC(N(C)C)CC3)nc12. The van der Waals surface area contributed by atoms with Gasteiger partial charge in [-0.3, -0.25) is 9.52 Å². The summed E-state index contributed by atoms with van der Waals surface area (Å²) in [5.41, 5.74) is 1.06. The average Bonchev–Trinajstić information content (AvgIpc) is 3.02. The van der Waals surface area contributed by atoms with E-state index in [0.717, 1.165) is 49.9 Å². The molecule has 1 aromatic heterocycles. The van der Waals surface area contributed by atoms with Crippen LogP contribution in [0.1, 0.15) is 55.3 Å². The molecule has 0 bridgehead atoms. The molecule has 1 aliphatic carbocycles. The van der Waals surface area contributed by atoms with Gasteiger partial charge in [0.1, 0.15) is 17.0 Å². The highest BCUT2D eigenvalue weighted by Gasteiger charge is 2.51. The second kappa shape index (κ2) is 12.8. The maximum Gasteiger partial charge on any atom is 0.240 e. The number of nitrogens with one attached hydrogen (secondary N) is 2. The number of carbonyl (C=O) groups is 1. The third-order valence-electron chi connectivity index (χ3n) is 9.54. The number of hydrogen-bond donors (Lipinski definition) is 2. The van der Waals surface area contributed by atoms with Crippen LogP contribution in [0.4, 0.5) is 26.1 Å². The fourth-order valence-electron chi connectivity index (χ4n) is 7.13. The molecule has 1 unspecified atom stereocenters. The summed E-state index contributed by atoms with van der Waals surface area (Å²) in [6, 6.07) is 9.97. The molecule has 46 heavy (non-hydrogen) atoms. The van der Waals surface area contributed by atoms with Crippen LogP contribution in [-0.2, 0) is 32.5 Å². The molecule has 1 spiro atoms. The normalized spacial score (nSPS) is 23.9. The minimum Gasteiger partial charge on any atom is -0.351 e. The zero-order valence-corrected chi connectivity index (χ0v) is 27.3. The summed E-state index contributed by atoms with van der Waals surface area (Å²) < 4.78 is 56.4. The molecule has 2 fully saturated rings. The van der Waals surface area contributed by atoms with Crippen molar-refractivity contribution in [1.82, 2.24) is 19.8 Å². The number of nitrogens with zero attached hydrogens (tertiary/aromatic N) is 5. The minimum atomic E-state index is -3.98. The fraction of sp³-hybridized carbons (Fsp3) is 0.485. The number of aromatic nitrogens is 2. The molecule has 0 radical (unpaired) electrons. The second-order valence-corrected chi connectivity index (χ2v) is 14.9. The predicted octanol–water partition coefficient (Wildman–Crippen LogP) is 4.49. The van der Waals surface area contributed by atoms with Crippen LogP contribution in [0.2, 0.25) is 0 Å². The van der Waals surface area contributed by atoms with Crippen molar-refractivity contribution in [3.8, 4) is 0 Å². The Morgan fingerprint density at radius 3 is 2.48 bits per heavy atom. The number of sulfonamides is 1. The first-order valence-corrected chi connectivity index (χ1v) is 17.4. The Bertz CT molecular complexity index is 1700. The zero-order valence-electron chi connectivity index (χ0n) is 26.5. The number of carbonyl (C=O) groups excluding carboxylic acids is 1. The van der Waals surface area contributed by atoms with E-state index in [4.69, 9.17) is 4.98 Å². The van der Waals surface area contributed by atoms with Gasteiger partial charge in [-0.05, 0) is 102 Å². The van der Waals surface area contributed by atoms with E-state index in [-0.39, 0.29) is 24.2 Å². The third-order valence-corrected chi connectivity index (χ3v) is 10.8. The topological polar surface area (TPSA) is 111 Å². The van der Waals surface area contributed by atoms with Crippen LogP contribution in [-0.4, -0.2) is 80.4 Å². The number of piperidine rings is 1. The van der Waals surface area contributed by atoms with Crippen LogP contribution in [0.25, 0.3) is 0 Å². The first kappa shape index (κ1) is 32.3. The molecule has 3 heterocycles. The van der Waals surface area contributed by atoms with E-state index in [2.05, 4.69) is 38.9 Å². The average molecular weight is 654 g/mol. The molecule has 2 N–H and O–H groups in total. The van der Waals surface area contributed by atoms with Gasteiger partial charge in [0.05, 0.1) is 23.7 Å². The van der Waals surface area contributed by atoms with E-state index < -0.39 is 32.8 Å². The molecule has 10 nitrogen and oxygen atoms in total. The van der Waals surface area contributed by atoms with E-state index in [1.165, 1.54) is 36.4 Å². The number of benzene rings is 2. The van der Waals surface area contributed by atoms with Gasteiger partial charge in [-0.2, -0.15) is 0 Å². The van der Waals surface area contributed by atoms with Crippen molar-refractivity contribution in [2.75, 3.05) is 49.2 Å². The molecular formula is C33H41F2N7O3S. The number of likely N-dealkylation sites (N-methyl/N-ethyl adjacent to an activating group) is 1. The molecule has 2 aromatic carbocycles. The lowest BCUT2D eigenvalue weighted by Gasteiger charge is -2.46. The Morgan fingerprint density at radius 1 is 1.07 bits per heavy atom.